The number of carbonyl (C=O) groups is 2. The van der Waals surface area contributed by atoms with Crippen molar-refractivity contribution in [1.82, 2.24) is 16.2 Å². The third-order valence-electron chi connectivity index (χ3n) is 3.64. The second-order valence-electron chi connectivity index (χ2n) is 5.97. The largest absolute Gasteiger partial charge is 0.494 e. The minimum Gasteiger partial charge on any atom is -0.494 e. The average molecular weight is 401 g/mol. The van der Waals surface area contributed by atoms with E-state index in [4.69, 9.17) is 21.7 Å². The molecule has 2 amide bonds. The summed E-state index contributed by atoms with van der Waals surface area (Å²) in [7, 11) is 0. The van der Waals surface area contributed by atoms with Crippen LogP contribution in [0.2, 0.25) is 0 Å². The van der Waals surface area contributed by atoms with E-state index in [2.05, 4.69) is 16.2 Å². The molecule has 0 aliphatic carbocycles. The lowest BCUT2D eigenvalue weighted by Crippen LogP contribution is -2.49. The summed E-state index contributed by atoms with van der Waals surface area (Å²) in [6.07, 6.45) is 0. The normalized spacial score (nSPS) is 9.96. The van der Waals surface area contributed by atoms with E-state index in [1.807, 2.05) is 39.0 Å². The van der Waals surface area contributed by atoms with Crippen molar-refractivity contribution in [3.63, 3.8) is 0 Å². The molecule has 0 aromatic heterocycles. The predicted molar refractivity (Wildman–Crippen MR) is 110 cm³/mol. The van der Waals surface area contributed by atoms with Gasteiger partial charge in [-0.2, -0.15) is 0 Å². The number of nitrogens with one attached hydrogen (secondary N) is 3. The van der Waals surface area contributed by atoms with Crippen LogP contribution in [0.3, 0.4) is 0 Å². The number of aryl methyl sites for hydroxylation is 2. The van der Waals surface area contributed by atoms with Gasteiger partial charge in [0.05, 0.1) is 6.61 Å². The minimum atomic E-state index is -0.435. The Morgan fingerprint density at radius 1 is 1.04 bits per heavy atom. The van der Waals surface area contributed by atoms with E-state index >= 15 is 0 Å². The second kappa shape index (κ2) is 10.3. The van der Waals surface area contributed by atoms with Crippen molar-refractivity contribution < 1.29 is 19.1 Å². The van der Waals surface area contributed by atoms with Gasteiger partial charge in [0.1, 0.15) is 11.5 Å². The highest BCUT2D eigenvalue weighted by molar-refractivity contribution is 7.80. The lowest BCUT2D eigenvalue weighted by atomic mass is 10.1. The Kier molecular flexibility index (Phi) is 7.76. The van der Waals surface area contributed by atoms with Crippen LogP contribution in [0.1, 0.15) is 28.4 Å². The van der Waals surface area contributed by atoms with Crippen molar-refractivity contribution in [3.05, 3.63) is 59.2 Å². The highest BCUT2D eigenvalue weighted by atomic mass is 32.1. The van der Waals surface area contributed by atoms with Crippen molar-refractivity contribution in [2.75, 3.05) is 13.2 Å². The van der Waals surface area contributed by atoms with Gasteiger partial charge in [0.15, 0.2) is 11.7 Å². The van der Waals surface area contributed by atoms with Crippen molar-refractivity contribution >= 4 is 29.1 Å². The van der Waals surface area contributed by atoms with Gasteiger partial charge < -0.3 is 9.47 Å². The van der Waals surface area contributed by atoms with Crippen molar-refractivity contribution in [3.8, 4) is 11.5 Å². The van der Waals surface area contributed by atoms with E-state index in [1.54, 1.807) is 24.3 Å². The van der Waals surface area contributed by atoms with Gasteiger partial charge in [0.25, 0.3) is 11.8 Å². The third kappa shape index (κ3) is 6.55. The van der Waals surface area contributed by atoms with Crippen molar-refractivity contribution in [1.29, 1.82) is 0 Å². The number of carbonyl (C=O) groups excluding carboxylic acids is 2. The Bertz CT molecular complexity index is 870. The van der Waals surface area contributed by atoms with Crippen LogP contribution >= 0.6 is 12.2 Å². The van der Waals surface area contributed by atoms with E-state index in [-0.39, 0.29) is 11.7 Å². The molecule has 0 saturated carbocycles. The molecule has 0 heterocycles. The molecule has 0 unspecified atom stereocenters. The Labute approximate surface area is 169 Å². The summed E-state index contributed by atoms with van der Waals surface area (Å²) >= 11 is 5.02. The Hall–Kier alpha value is -3.13. The highest BCUT2D eigenvalue weighted by Crippen LogP contribution is 2.18. The Morgan fingerprint density at radius 3 is 2.54 bits per heavy atom. The maximum atomic E-state index is 12.2. The summed E-state index contributed by atoms with van der Waals surface area (Å²) in [5.41, 5.74) is 7.29. The smallest absolute Gasteiger partial charge is 0.276 e. The molecule has 2 aromatic rings. The molecule has 0 aliphatic rings. The number of thiocarbonyl (C=S) groups is 1. The van der Waals surface area contributed by atoms with E-state index in [0.717, 1.165) is 11.1 Å². The molecular weight excluding hydrogens is 378 g/mol. The Morgan fingerprint density at radius 2 is 1.82 bits per heavy atom. The SMILES string of the molecule is CCOc1cccc(C(=O)NC(=S)NNC(=O)COc2ccc(C)cc2C)c1. The zero-order chi connectivity index (χ0) is 20.5. The average Bonchev–Trinajstić information content (AvgIpc) is 2.66. The summed E-state index contributed by atoms with van der Waals surface area (Å²) in [4.78, 5) is 24.1. The molecule has 7 nitrogen and oxygen atoms in total. The number of amides is 2. The molecule has 0 saturated heterocycles. The maximum Gasteiger partial charge on any atom is 0.276 e. The van der Waals surface area contributed by atoms with Gasteiger partial charge in [0, 0.05) is 5.56 Å². The van der Waals surface area contributed by atoms with Crippen LogP contribution < -0.4 is 25.6 Å². The fraction of sp³-hybridized carbons (Fsp3) is 0.250. The van der Waals surface area contributed by atoms with E-state index in [0.29, 0.717) is 23.7 Å². The molecule has 0 fully saturated rings. The van der Waals surface area contributed by atoms with Crippen LogP contribution in [0.4, 0.5) is 0 Å². The van der Waals surface area contributed by atoms with E-state index in [9.17, 15) is 9.59 Å². The number of hydrazine groups is 1. The summed E-state index contributed by atoms with van der Waals surface area (Å²) in [5, 5.41) is 2.44. The molecule has 28 heavy (non-hydrogen) atoms. The van der Waals surface area contributed by atoms with Crippen LogP contribution in [-0.4, -0.2) is 30.1 Å². The molecule has 0 aliphatic heterocycles. The molecule has 3 N–H and O–H groups in total. The summed E-state index contributed by atoms with van der Waals surface area (Å²) in [5.74, 6) is 0.367. The van der Waals surface area contributed by atoms with Crippen molar-refractivity contribution in [2.45, 2.75) is 20.8 Å². The molecule has 2 aromatic carbocycles. The lowest BCUT2D eigenvalue weighted by Gasteiger charge is -2.13. The topological polar surface area (TPSA) is 88.7 Å². The molecule has 0 radical (unpaired) electrons. The second-order valence-corrected chi connectivity index (χ2v) is 6.38. The van der Waals surface area contributed by atoms with Gasteiger partial charge in [-0.3, -0.25) is 25.8 Å². The number of ether oxygens (including phenoxy) is 2. The third-order valence-corrected chi connectivity index (χ3v) is 3.84. The first-order valence-corrected chi connectivity index (χ1v) is 9.13. The molecule has 8 heteroatoms. The van der Waals surface area contributed by atoms with E-state index in [1.165, 1.54) is 0 Å². The summed E-state index contributed by atoms with van der Waals surface area (Å²) < 4.78 is 10.8. The highest BCUT2D eigenvalue weighted by Gasteiger charge is 2.10. The van der Waals surface area contributed by atoms with Gasteiger partial charge in [-0.05, 0) is 62.8 Å². The number of benzene rings is 2. The fourth-order valence-corrected chi connectivity index (χ4v) is 2.51. The maximum absolute atomic E-state index is 12.2. The summed E-state index contributed by atoms with van der Waals surface area (Å²) in [6.45, 7) is 6.06. The van der Waals surface area contributed by atoms with Gasteiger partial charge in [-0.25, -0.2) is 0 Å². The first-order valence-electron chi connectivity index (χ1n) is 8.72. The monoisotopic (exact) mass is 401 g/mol. The summed E-state index contributed by atoms with van der Waals surface area (Å²) in [6, 6.07) is 12.4. The quantitative estimate of drug-likeness (QED) is 0.509. The lowest BCUT2D eigenvalue weighted by molar-refractivity contribution is -0.123. The minimum absolute atomic E-state index is 0.0355. The van der Waals surface area contributed by atoms with Crippen LogP contribution in [0, 0.1) is 13.8 Å². The Balaban J connectivity index is 1.77. The van der Waals surface area contributed by atoms with Gasteiger partial charge in [-0.1, -0.05) is 23.8 Å². The van der Waals surface area contributed by atoms with Gasteiger partial charge in [0.2, 0.25) is 0 Å². The first kappa shape index (κ1) is 21.2. The van der Waals surface area contributed by atoms with E-state index < -0.39 is 11.8 Å². The van der Waals surface area contributed by atoms with Crippen LogP contribution in [0.5, 0.6) is 11.5 Å². The predicted octanol–water partition coefficient (Wildman–Crippen LogP) is 2.42. The molecular formula is C20H23N3O4S. The molecule has 0 spiro atoms. The van der Waals surface area contributed by atoms with Crippen LogP contribution in [-0.2, 0) is 4.79 Å². The zero-order valence-electron chi connectivity index (χ0n) is 16.0. The van der Waals surface area contributed by atoms with Gasteiger partial charge >= 0.3 is 0 Å². The number of hydrogen-bond donors (Lipinski definition) is 3. The molecule has 2 rings (SSSR count). The number of rotatable bonds is 6. The fourth-order valence-electron chi connectivity index (χ4n) is 2.37. The van der Waals surface area contributed by atoms with Crippen LogP contribution in [0.25, 0.3) is 0 Å². The van der Waals surface area contributed by atoms with Crippen molar-refractivity contribution in [2.24, 2.45) is 0 Å². The number of hydrogen-bond acceptors (Lipinski definition) is 5. The first-order chi connectivity index (χ1) is 13.4. The van der Waals surface area contributed by atoms with Crippen LogP contribution in [0.15, 0.2) is 42.5 Å². The molecule has 0 bridgehead atoms. The molecule has 0 atom stereocenters. The molecule has 148 valence electrons. The van der Waals surface area contributed by atoms with Gasteiger partial charge in [-0.15, -0.1) is 0 Å². The zero-order valence-corrected chi connectivity index (χ0v) is 16.8. The standard InChI is InChI=1S/C20H23N3O4S/c1-4-26-16-7-5-6-15(11-16)19(25)21-20(28)23-22-18(24)12-27-17-9-8-13(2)10-14(17)3/h5-11H,4,12H2,1-3H3,(H,22,24)(H2,21,23,25,28).